The number of hydrogen-bond acceptors (Lipinski definition) is 1. The van der Waals surface area contributed by atoms with Crippen LogP contribution in [0.2, 0.25) is 0 Å². The number of fused-ring (bicyclic) bond motifs is 6. The molecule has 4 aromatic carbocycles. The number of allylic oxidation sites excluding steroid dienone is 10. The molecule has 0 aliphatic heterocycles. The second-order valence-corrected chi connectivity index (χ2v) is 13.1. The van der Waals surface area contributed by atoms with Crippen molar-refractivity contribution in [3.8, 4) is 22.3 Å². The van der Waals surface area contributed by atoms with E-state index in [4.69, 9.17) is 0 Å². The number of aromatic nitrogens is 1. The van der Waals surface area contributed by atoms with Crippen LogP contribution in [-0.4, -0.2) is 4.98 Å². The Labute approximate surface area is 285 Å². The highest BCUT2D eigenvalue weighted by Crippen LogP contribution is 2.58. The van der Waals surface area contributed by atoms with E-state index in [9.17, 15) is 0 Å². The van der Waals surface area contributed by atoms with Crippen LogP contribution in [0, 0.1) is 0 Å². The van der Waals surface area contributed by atoms with Crippen molar-refractivity contribution in [2.24, 2.45) is 0 Å². The van der Waals surface area contributed by atoms with E-state index in [0.29, 0.717) is 0 Å². The molecule has 7 rings (SSSR count). The molecule has 0 amide bonds. The average molecular weight is 620 g/mol. The minimum atomic E-state index is -0.553. The van der Waals surface area contributed by atoms with Gasteiger partial charge < -0.3 is 0 Å². The van der Waals surface area contributed by atoms with Crippen molar-refractivity contribution in [3.63, 3.8) is 0 Å². The topological polar surface area (TPSA) is 12.9 Å². The van der Waals surface area contributed by atoms with Crippen LogP contribution in [0.3, 0.4) is 0 Å². The van der Waals surface area contributed by atoms with Crippen molar-refractivity contribution < 1.29 is 0 Å². The molecule has 5 aromatic rings. The van der Waals surface area contributed by atoms with E-state index in [-0.39, 0.29) is 5.41 Å². The quantitative estimate of drug-likeness (QED) is 0.157. The van der Waals surface area contributed by atoms with Gasteiger partial charge in [-0.25, -0.2) is 0 Å². The molecule has 1 unspecified atom stereocenters. The lowest BCUT2D eigenvalue weighted by Gasteiger charge is -2.34. The molecule has 0 fully saturated rings. The fourth-order valence-electron chi connectivity index (χ4n) is 8.14. The summed E-state index contributed by atoms with van der Waals surface area (Å²) in [6.45, 7) is 17.5. The summed E-state index contributed by atoms with van der Waals surface area (Å²) in [6.07, 6.45) is 18.7. The predicted octanol–water partition coefficient (Wildman–Crippen LogP) is 12.1. The molecule has 1 aromatic heterocycles. The molecule has 0 N–H and O–H groups in total. The molecule has 0 spiro atoms. The number of pyridine rings is 1. The third-order valence-corrected chi connectivity index (χ3v) is 10.4. The van der Waals surface area contributed by atoms with Crippen molar-refractivity contribution in [1.29, 1.82) is 0 Å². The highest BCUT2D eigenvalue weighted by Gasteiger charge is 2.47. The Balaban J connectivity index is 1.43. The van der Waals surface area contributed by atoms with Gasteiger partial charge in [-0.15, -0.1) is 0 Å². The summed E-state index contributed by atoms with van der Waals surface area (Å²) >= 11 is 0. The largest absolute Gasteiger partial charge is 0.265 e. The molecule has 2 aliphatic carbocycles. The second kappa shape index (κ2) is 12.2. The van der Waals surface area contributed by atoms with Crippen LogP contribution in [0.25, 0.3) is 33.4 Å². The van der Waals surface area contributed by atoms with Crippen LogP contribution in [-0.2, 0) is 10.8 Å². The predicted molar refractivity (Wildman–Crippen MR) is 205 cm³/mol. The molecular weight excluding hydrogens is 579 g/mol. The Morgan fingerprint density at radius 2 is 1.35 bits per heavy atom. The smallest absolute Gasteiger partial charge is 0.0714 e. The van der Waals surface area contributed by atoms with Gasteiger partial charge in [-0.05, 0) is 116 Å². The maximum Gasteiger partial charge on any atom is 0.0714 e. The van der Waals surface area contributed by atoms with Gasteiger partial charge in [0.2, 0.25) is 0 Å². The number of benzene rings is 4. The van der Waals surface area contributed by atoms with Crippen molar-refractivity contribution in [1.82, 2.24) is 4.98 Å². The summed E-state index contributed by atoms with van der Waals surface area (Å²) in [5.41, 5.74) is 16.6. The fourth-order valence-corrected chi connectivity index (χ4v) is 8.14. The van der Waals surface area contributed by atoms with Gasteiger partial charge >= 0.3 is 0 Å². The SMILES string of the molecule is C=C/C(=C\C(=C/C)c1ccc2c(c1)C(C)(C)c1ccccc1-2)c1cccc2c1-c1ccccc1C2(/C(C=C)=C/C=C\C)c1ccncc1. The number of rotatable bonds is 8. The van der Waals surface area contributed by atoms with E-state index in [1.807, 2.05) is 31.5 Å². The minimum Gasteiger partial charge on any atom is -0.265 e. The Morgan fingerprint density at radius 3 is 2.06 bits per heavy atom. The van der Waals surface area contributed by atoms with Crippen molar-refractivity contribution in [3.05, 3.63) is 210 Å². The molecule has 48 heavy (non-hydrogen) atoms. The first-order chi connectivity index (χ1) is 23.4. The van der Waals surface area contributed by atoms with Crippen LogP contribution in [0.4, 0.5) is 0 Å². The summed E-state index contributed by atoms with van der Waals surface area (Å²) < 4.78 is 0. The number of nitrogens with zero attached hydrogens (tertiary/aromatic N) is 1. The van der Waals surface area contributed by atoms with E-state index in [1.54, 1.807) is 0 Å². The van der Waals surface area contributed by atoms with Crippen LogP contribution in [0.15, 0.2) is 171 Å². The molecule has 1 heterocycles. The summed E-state index contributed by atoms with van der Waals surface area (Å²) in [5, 5.41) is 0. The zero-order valence-electron chi connectivity index (χ0n) is 28.3. The molecule has 234 valence electrons. The van der Waals surface area contributed by atoms with E-state index in [1.165, 1.54) is 55.6 Å². The Morgan fingerprint density at radius 1 is 0.667 bits per heavy atom. The van der Waals surface area contributed by atoms with Crippen LogP contribution >= 0.6 is 0 Å². The molecule has 0 saturated heterocycles. The average Bonchev–Trinajstić information content (AvgIpc) is 3.56. The Bertz CT molecular complexity index is 2200. The lowest BCUT2D eigenvalue weighted by atomic mass is 9.67. The molecule has 1 atom stereocenters. The maximum absolute atomic E-state index is 4.39. The monoisotopic (exact) mass is 619 g/mol. The van der Waals surface area contributed by atoms with Gasteiger partial charge in [0.05, 0.1) is 5.41 Å². The highest BCUT2D eigenvalue weighted by molar-refractivity contribution is 5.98. The van der Waals surface area contributed by atoms with E-state index >= 15 is 0 Å². The van der Waals surface area contributed by atoms with Crippen LogP contribution < -0.4 is 0 Å². The van der Waals surface area contributed by atoms with Gasteiger partial charge in [-0.1, -0.05) is 142 Å². The van der Waals surface area contributed by atoms with Gasteiger partial charge in [0, 0.05) is 17.8 Å². The second-order valence-electron chi connectivity index (χ2n) is 13.1. The van der Waals surface area contributed by atoms with Gasteiger partial charge in [-0.3, -0.25) is 4.98 Å². The van der Waals surface area contributed by atoms with E-state index in [2.05, 4.69) is 166 Å². The van der Waals surface area contributed by atoms with E-state index in [0.717, 1.165) is 22.3 Å². The minimum absolute atomic E-state index is 0.0602. The Kier molecular flexibility index (Phi) is 7.93. The van der Waals surface area contributed by atoms with Gasteiger partial charge in [-0.2, -0.15) is 0 Å². The summed E-state index contributed by atoms with van der Waals surface area (Å²) in [5.74, 6) is 0. The standard InChI is InChI=1S/C47H41N/c1-7-11-17-35(10-4)47(36-26-28-48-29-27-36)42-22-15-13-19-40(42)45-37(20-16-23-43(45)47)33(9-3)30-32(8-2)34-24-25-39-38-18-12-14-21-41(38)46(5,6)44(39)31-34/h7-31H,3-4H2,1-2,5-6H3/b11-7-,32-8+,33-30+,35-17+. The molecule has 1 heteroatoms. The first-order valence-electron chi connectivity index (χ1n) is 16.8. The third kappa shape index (κ3) is 4.57. The Hall–Kier alpha value is -5.53. The van der Waals surface area contributed by atoms with Gasteiger partial charge in [0.25, 0.3) is 0 Å². The first-order valence-corrected chi connectivity index (χ1v) is 16.8. The molecule has 1 nitrogen and oxygen atoms in total. The normalized spacial score (nSPS) is 17.9. The third-order valence-electron chi connectivity index (χ3n) is 10.4. The molecule has 2 aliphatic rings. The maximum atomic E-state index is 4.39. The molecule has 0 bridgehead atoms. The summed E-state index contributed by atoms with van der Waals surface area (Å²) in [7, 11) is 0. The lowest BCUT2D eigenvalue weighted by Crippen LogP contribution is -2.29. The number of hydrogen-bond donors (Lipinski definition) is 0. The van der Waals surface area contributed by atoms with Crippen LogP contribution in [0.1, 0.15) is 66.6 Å². The lowest BCUT2D eigenvalue weighted by molar-refractivity contribution is 0.660. The zero-order chi connectivity index (χ0) is 33.5. The fraction of sp³-hybridized carbons (Fsp3) is 0.128. The van der Waals surface area contributed by atoms with Gasteiger partial charge in [0.15, 0.2) is 0 Å². The first kappa shape index (κ1) is 31.1. The van der Waals surface area contributed by atoms with Gasteiger partial charge in [0.1, 0.15) is 0 Å². The summed E-state index contributed by atoms with van der Waals surface area (Å²) in [4.78, 5) is 4.39. The van der Waals surface area contributed by atoms with Crippen LogP contribution in [0.5, 0.6) is 0 Å². The van der Waals surface area contributed by atoms with Crippen molar-refractivity contribution >= 4 is 11.1 Å². The van der Waals surface area contributed by atoms with Crippen molar-refractivity contribution in [2.45, 2.75) is 38.5 Å². The summed E-state index contributed by atoms with van der Waals surface area (Å²) in [6, 6.07) is 35.6. The molecule has 0 saturated carbocycles. The van der Waals surface area contributed by atoms with E-state index < -0.39 is 5.41 Å². The molecular formula is C47H41N. The molecule has 0 radical (unpaired) electrons. The zero-order valence-corrected chi connectivity index (χ0v) is 28.3. The highest BCUT2D eigenvalue weighted by atomic mass is 14.6. The van der Waals surface area contributed by atoms with Crippen molar-refractivity contribution in [2.75, 3.05) is 0 Å².